The van der Waals surface area contributed by atoms with E-state index in [1.807, 2.05) is 0 Å². The Morgan fingerprint density at radius 1 is 1.47 bits per heavy atom. The van der Waals surface area contributed by atoms with Crippen LogP contribution in [-0.4, -0.2) is 43.2 Å². The van der Waals surface area contributed by atoms with Crippen LogP contribution >= 0.6 is 0 Å². The zero-order chi connectivity index (χ0) is 10.9. The maximum atomic E-state index is 11.7. The summed E-state index contributed by atoms with van der Waals surface area (Å²) in [5, 5.41) is 0. The second kappa shape index (κ2) is 4.10. The van der Waals surface area contributed by atoms with Crippen LogP contribution in [0, 0.1) is 5.92 Å². The topological polar surface area (TPSA) is 55.6 Å². The van der Waals surface area contributed by atoms with Gasteiger partial charge in [-0.05, 0) is 44.7 Å². The molecule has 86 valence electrons. The Kier molecular flexibility index (Phi) is 2.98. The number of hydrogen-bond acceptors (Lipinski definition) is 4. The number of esters is 1. The molecule has 0 aromatic heterocycles. The van der Waals surface area contributed by atoms with E-state index in [9.17, 15) is 4.79 Å². The molecule has 0 bridgehead atoms. The predicted octanol–water partition coefficient (Wildman–Crippen LogP) is 0.363. The monoisotopic (exact) mass is 212 g/mol. The number of likely N-dealkylation sites (tertiary alicyclic amines) is 1. The van der Waals surface area contributed by atoms with Crippen LogP contribution in [0.4, 0.5) is 0 Å². The fourth-order valence-corrected chi connectivity index (χ4v) is 2.46. The van der Waals surface area contributed by atoms with Crippen molar-refractivity contribution in [2.75, 3.05) is 26.7 Å². The molecule has 15 heavy (non-hydrogen) atoms. The largest absolute Gasteiger partial charge is 0.468 e. The van der Waals surface area contributed by atoms with Crippen molar-refractivity contribution >= 4 is 5.97 Å². The van der Waals surface area contributed by atoms with Gasteiger partial charge in [-0.2, -0.15) is 0 Å². The summed E-state index contributed by atoms with van der Waals surface area (Å²) in [5.41, 5.74) is 5.47. The van der Waals surface area contributed by atoms with Gasteiger partial charge in [-0.25, -0.2) is 0 Å². The van der Waals surface area contributed by atoms with Gasteiger partial charge >= 0.3 is 5.97 Å². The first-order valence-corrected chi connectivity index (χ1v) is 5.76. The fourth-order valence-electron chi connectivity index (χ4n) is 2.46. The molecule has 1 saturated heterocycles. The lowest BCUT2D eigenvalue weighted by Gasteiger charge is -2.31. The molecule has 1 saturated carbocycles. The highest BCUT2D eigenvalue weighted by molar-refractivity contribution is 5.81. The van der Waals surface area contributed by atoms with Gasteiger partial charge in [0.15, 0.2) is 0 Å². The van der Waals surface area contributed by atoms with Gasteiger partial charge in [-0.1, -0.05) is 0 Å². The van der Waals surface area contributed by atoms with Gasteiger partial charge in [0.2, 0.25) is 0 Å². The average molecular weight is 212 g/mol. The third-order valence-electron chi connectivity index (χ3n) is 3.56. The van der Waals surface area contributed by atoms with Gasteiger partial charge in [0.1, 0.15) is 5.54 Å². The maximum absolute atomic E-state index is 11.7. The van der Waals surface area contributed by atoms with Crippen LogP contribution in [0.25, 0.3) is 0 Å². The lowest BCUT2D eigenvalue weighted by Crippen LogP contribution is -2.58. The van der Waals surface area contributed by atoms with Crippen molar-refractivity contribution in [1.29, 1.82) is 0 Å². The first kappa shape index (κ1) is 10.9. The highest BCUT2D eigenvalue weighted by Gasteiger charge is 2.49. The lowest BCUT2D eigenvalue weighted by atomic mass is 9.94. The van der Waals surface area contributed by atoms with Crippen LogP contribution in [-0.2, 0) is 9.53 Å². The van der Waals surface area contributed by atoms with Crippen molar-refractivity contribution in [3.8, 4) is 0 Å². The second-order valence-corrected chi connectivity index (χ2v) is 4.79. The van der Waals surface area contributed by atoms with Crippen molar-refractivity contribution in [2.24, 2.45) is 11.7 Å². The zero-order valence-corrected chi connectivity index (χ0v) is 9.37. The molecule has 1 atom stereocenters. The SMILES string of the molecule is COC(=O)C(N)(CN1CCCC1)C1CC1. The number of hydrogen-bond donors (Lipinski definition) is 1. The molecular formula is C11H20N2O2. The van der Waals surface area contributed by atoms with E-state index >= 15 is 0 Å². The van der Waals surface area contributed by atoms with E-state index in [4.69, 9.17) is 10.5 Å². The van der Waals surface area contributed by atoms with E-state index in [0.717, 1.165) is 25.9 Å². The summed E-state index contributed by atoms with van der Waals surface area (Å²) in [4.78, 5) is 14.0. The Morgan fingerprint density at radius 2 is 2.07 bits per heavy atom. The molecule has 1 heterocycles. The molecule has 4 nitrogen and oxygen atoms in total. The minimum absolute atomic E-state index is 0.239. The van der Waals surface area contributed by atoms with E-state index in [-0.39, 0.29) is 5.97 Å². The first-order valence-electron chi connectivity index (χ1n) is 5.76. The smallest absolute Gasteiger partial charge is 0.327 e. The number of nitrogens with zero attached hydrogens (tertiary/aromatic N) is 1. The van der Waals surface area contributed by atoms with E-state index in [2.05, 4.69) is 4.90 Å². The Bertz CT molecular complexity index is 247. The summed E-state index contributed by atoms with van der Waals surface area (Å²) in [5.74, 6) is 0.0995. The fraction of sp³-hybridized carbons (Fsp3) is 0.909. The molecule has 2 rings (SSSR count). The van der Waals surface area contributed by atoms with Crippen molar-refractivity contribution < 1.29 is 9.53 Å². The van der Waals surface area contributed by atoms with Gasteiger partial charge in [0.05, 0.1) is 7.11 Å². The van der Waals surface area contributed by atoms with Gasteiger partial charge in [0.25, 0.3) is 0 Å². The summed E-state index contributed by atoms with van der Waals surface area (Å²) < 4.78 is 4.84. The molecule has 1 aliphatic carbocycles. The van der Waals surface area contributed by atoms with Gasteiger partial charge < -0.3 is 15.4 Å². The molecule has 2 fully saturated rings. The Morgan fingerprint density at radius 3 is 2.53 bits per heavy atom. The van der Waals surface area contributed by atoms with Crippen LogP contribution in [0.15, 0.2) is 0 Å². The molecule has 1 unspecified atom stereocenters. The first-order chi connectivity index (χ1) is 7.16. The van der Waals surface area contributed by atoms with Crippen LogP contribution in [0.1, 0.15) is 25.7 Å². The maximum Gasteiger partial charge on any atom is 0.327 e. The summed E-state index contributed by atoms with van der Waals surface area (Å²) in [6.07, 6.45) is 4.59. The van der Waals surface area contributed by atoms with E-state index in [1.165, 1.54) is 20.0 Å². The van der Waals surface area contributed by atoms with Gasteiger partial charge in [-0.15, -0.1) is 0 Å². The summed E-state index contributed by atoms with van der Waals surface area (Å²) in [7, 11) is 1.43. The highest BCUT2D eigenvalue weighted by atomic mass is 16.5. The van der Waals surface area contributed by atoms with E-state index < -0.39 is 5.54 Å². The molecular weight excluding hydrogens is 192 g/mol. The van der Waals surface area contributed by atoms with E-state index in [0.29, 0.717) is 12.5 Å². The molecule has 1 aliphatic heterocycles. The van der Waals surface area contributed by atoms with Crippen molar-refractivity contribution in [3.63, 3.8) is 0 Å². The molecule has 0 spiro atoms. The highest BCUT2D eigenvalue weighted by Crippen LogP contribution is 2.39. The standard InChI is InChI=1S/C11H20N2O2/c1-15-10(14)11(12,9-4-5-9)8-13-6-2-3-7-13/h9H,2-8,12H2,1H3. The number of carbonyl (C=O) groups excluding carboxylic acids is 1. The van der Waals surface area contributed by atoms with Crippen molar-refractivity contribution in [3.05, 3.63) is 0 Å². The Hall–Kier alpha value is -0.610. The zero-order valence-electron chi connectivity index (χ0n) is 9.37. The number of methoxy groups -OCH3 is 1. The number of nitrogens with two attached hydrogens (primary N) is 1. The van der Waals surface area contributed by atoms with Crippen LogP contribution < -0.4 is 5.73 Å². The van der Waals surface area contributed by atoms with Crippen molar-refractivity contribution in [2.45, 2.75) is 31.2 Å². The molecule has 4 heteroatoms. The lowest BCUT2D eigenvalue weighted by molar-refractivity contribution is -0.148. The molecule has 2 aliphatic rings. The quantitative estimate of drug-likeness (QED) is 0.684. The van der Waals surface area contributed by atoms with Crippen LogP contribution in [0.5, 0.6) is 0 Å². The molecule has 0 amide bonds. The van der Waals surface area contributed by atoms with E-state index in [1.54, 1.807) is 0 Å². The van der Waals surface area contributed by atoms with Crippen LogP contribution in [0.3, 0.4) is 0 Å². The Labute approximate surface area is 90.8 Å². The minimum atomic E-state index is -0.751. The number of carbonyl (C=O) groups is 1. The molecule has 0 aromatic rings. The van der Waals surface area contributed by atoms with Gasteiger partial charge in [-0.3, -0.25) is 4.79 Å². The number of rotatable bonds is 4. The number of ether oxygens (including phenoxy) is 1. The van der Waals surface area contributed by atoms with Crippen LogP contribution in [0.2, 0.25) is 0 Å². The third-order valence-corrected chi connectivity index (χ3v) is 3.56. The second-order valence-electron chi connectivity index (χ2n) is 4.79. The molecule has 0 aromatic carbocycles. The summed E-state index contributed by atoms with van der Waals surface area (Å²) in [6.45, 7) is 2.82. The normalized spacial score (nSPS) is 26.3. The molecule has 2 N–H and O–H groups in total. The summed E-state index contributed by atoms with van der Waals surface area (Å²) >= 11 is 0. The van der Waals surface area contributed by atoms with Gasteiger partial charge in [0, 0.05) is 6.54 Å². The predicted molar refractivity (Wildman–Crippen MR) is 57.3 cm³/mol. The van der Waals surface area contributed by atoms with Crippen molar-refractivity contribution in [1.82, 2.24) is 4.90 Å². The average Bonchev–Trinajstić information content (AvgIpc) is 2.98. The summed E-state index contributed by atoms with van der Waals surface area (Å²) in [6, 6.07) is 0. The minimum Gasteiger partial charge on any atom is -0.468 e. The molecule has 0 radical (unpaired) electrons. The third kappa shape index (κ3) is 2.16. The Balaban J connectivity index is 2.01.